The molecule has 1 amide bonds. The largest absolute Gasteiger partial charge is 0.463 e. The van der Waals surface area contributed by atoms with Crippen LogP contribution in [-0.2, 0) is 19.4 Å². The summed E-state index contributed by atoms with van der Waals surface area (Å²) >= 11 is 0. The van der Waals surface area contributed by atoms with Gasteiger partial charge in [0.15, 0.2) is 9.84 Å². The van der Waals surface area contributed by atoms with Crippen molar-refractivity contribution in [1.29, 1.82) is 0 Å². The normalized spacial score (nSPS) is 11.3. The molecule has 0 aliphatic heterocycles. The maximum absolute atomic E-state index is 12.5. The number of nitrogens with one attached hydrogen (secondary N) is 1. The van der Waals surface area contributed by atoms with Gasteiger partial charge in [0.25, 0.3) is 5.91 Å². The number of esters is 1. The molecule has 2 rings (SSSR count). The Labute approximate surface area is 158 Å². The van der Waals surface area contributed by atoms with Crippen molar-refractivity contribution in [2.75, 3.05) is 17.7 Å². The number of carbonyl (C=O) groups is 2. The molecule has 0 unspecified atom stereocenters. The monoisotopic (exact) mass is 387 g/mol. The zero-order valence-electron chi connectivity index (χ0n) is 15.1. The summed E-state index contributed by atoms with van der Waals surface area (Å²) in [7, 11) is -3.51. The molecule has 1 N–H and O–H groups in total. The van der Waals surface area contributed by atoms with Gasteiger partial charge in [-0.3, -0.25) is 4.79 Å². The molecule has 0 spiro atoms. The first-order chi connectivity index (χ1) is 12.9. The van der Waals surface area contributed by atoms with Crippen LogP contribution in [0, 0.1) is 0 Å². The van der Waals surface area contributed by atoms with E-state index in [2.05, 4.69) is 5.32 Å². The summed E-state index contributed by atoms with van der Waals surface area (Å²) in [6, 6.07) is 12.9. The van der Waals surface area contributed by atoms with Crippen LogP contribution in [0.5, 0.6) is 0 Å². The highest BCUT2D eigenvalue weighted by atomic mass is 32.2. The lowest BCUT2D eigenvalue weighted by atomic mass is 10.1. The van der Waals surface area contributed by atoms with Gasteiger partial charge in [0.2, 0.25) is 0 Å². The molecule has 0 aliphatic carbocycles. The number of anilines is 1. The molecule has 0 heterocycles. The van der Waals surface area contributed by atoms with Crippen molar-refractivity contribution in [3.63, 3.8) is 0 Å². The summed E-state index contributed by atoms with van der Waals surface area (Å²) in [5.74, 6) is -1.01. The van der Waals surface area contributed by atoms with Crippen LogP contribution in [0.2, 0.25) is 0 Å². The van der Waals surface area contributed by atoms with E-state index in [0.29, 0.717) is 12.3 Å². The maximum atomic E-state index is 12.5. The van der Waals surface area contributed by atoms with Gasteiger partial charge in [-0.05, 0) is 42.8 Å². The van der Waals surface area contributed by atoms with E-state index in [0.717, 1.165) is 5.56 Å². The molecule has 0 saturated carbocycles. The number of ether oxygens (including phenoxy) is 1. The van der Waals surface area contributed by atoms with Crippen LogP contribution in [0.4, 0.5) is 5.69 Å². The molecule has 2 aromatic rings. The Morgan fingerprint density at radius 2 is 1.70 bits per heavy atom. The zero-order valence-corrected chi connectivity index (χ0v) is 16.0. The van der Waals surface area contributed by atoms with E-state index in [1.165, 1.54) is 25.1 Å². The first kappa shape index (κ1) is 20.4. The molecule has 142 valence electrons. The van der Waals surface area contributed by atoms with Crippen molar-refractivity contribution in [3.8, 4) is 0 Å². The summed E-state index contributed by atoms with van der Waals surface area (Å²) < 4.78 is 29.1. The molecule has 0 aliphatic rings. The molecular formula is C20H21NO5S. The lowest BCUT2D eigenvalue weighted by Gasteiger charge is -2.10. The fourth-order valence-corrected chi connectivity index (χ4v) is 3.40. The number of sulfone groups is 1. The first-order valence-corrected chi connectivity index (χ1v) is 10.1. The second-order valence-corrected chi connectivity index (χ2v) is 7.81. The number of carbonyl (C=O) groups excluding carboxylic acids is 2. The Hall–Kier alpha value is -2.93. The first-order valence-electron chi connectivity index (χ1n) is 8.45. The van der Waals surface area contributed by atoms with Crippen LogP contribution >= 0.6 is 0 Å². The van der Waals surface area contributed by atoms with Crippen molar-refractivity contribution >= 4 is 33.5 Å². The highest BCUT2D eigenvalue weighted by Gasteiger charge is 2.20. The van der Waals surface area contributed by atoms with E-state index in [9.17, 15) is 18.0 Å². The lowest BCUT2D eigenvalue weighted by molar-refractivity contribution is -0.137. The van der Waals surface area contributed by atoms with Gasteiger partial charge in [0.1, 0.15) is 0 Å². The van der Waals surface area contributed by atoms with Crippen LogP contribution in [0.1, 0.15) is 29.8 Å². The van der Waals surface area contributed by atoms with E-state index in [4.69, 9.17) is 4.74 Å². The minimum absolute atomic E-state index is 0.0130. The number of rotatable bonds is 7. The summed E-state index contributed by atoms with van der Waals surface area (Å²) in [5.41, 5.74) is 1.37. The van der Waals surface area contributed by atoms with Crippen molar-refractivity contribution in [3.05, 3.63) is 65.7 Å². The third kappa shape index (κ3) is 5.52. The average molecular weight is 387 g/mol. The molecule has 2 aromatic carbocycles. The molecule has 0 bridgehead atoms. The van der Waals surface area contributed by atoms with Crippen molar-refractivity contribution in [1.82, 2.24) is 0 Å². The standard InChI is InChI=1S/C20H21NO5S/c1-3-26-19(22)14-11-15-9-12-16(13-10-15)21-20(23)17-7-5-6-8-18(17)27(24,25)4-2/h5-14H,3-4H2,1-2H3,(H,21,23)/b14-11-. The third-order valence-corrected chi connectivity index (χ3v) is 5.50. The van der Waals surface area contributed by atoms with Gasteiger partial charge in [-0.25, -0.2) is 13.2 Å². The molecule has 0 aromatic heterocycles. The molecule has 0 atom stereocenters. The Morgan fingerprint density at radius 1 is 1.04 bits per heavy atom. The van der Waals surface area contributed by atoms with Crippen LogP contribution in [-0.4, -0.2) is 32.7 Å². The number of amides is 1. The smallest absolute Gasteiger partial charge is 0.330 e. The molecule has 0 fully saturated rings. The van der Waals surface area contributed by atoms with Crippen molar-refractivity contribution < 1.29 is 22.7 Å². The van der Waals surface area contributed by atoms with E-state index in [1.807, 2.05) is 0 Å². The van der Waals surface area contributed by atoms with Gasteiger partial charge in [-0.2, -0.15) is 0 Å². The van der Waals surface area contributed by atoms with Gasteiger partial charge in [-0.15, -0.1) is 0 Å². The fourth-order valence-electron chi connectivity index (χ4n) is 2.31. The third-order valence-electron chi connectivity index (χ3n) is 3.71. The van der Waals surface area contributed by atoms with Gasteiger partial charge < -0.3 is 10.1 Å². The number of hydrogen-bond acceptors (Lipinski definition) is 5. The Morgan fingerprint density at radius 3 is 2.33 bits per heavy atom. The predicted molar refractivity (Wildman–Crippen MR) is 104 cm³/mol. The second-order valence-electron chi connectivity index (χ2n) is 5.56. The van der Waals surface area contributed by atoms with Gasteiger partial charge in [0, 0.05) is 11.8 Å². The lowest BCUT2D eigenvalue weighted by Crippen LogP contribution is -2.17. The predicted octanol–water partition coefficient (Wildman–Crippen LogP) is 3.31. The summed E-state index contributed by atoms with van der Waals surface area (Å²) in [4.78, 5) is 23.8. The summed E-state index contributed by atoms with van der Waals surface area (Å²) in [5, 5.41) is 2.69. The SMILES string of the molecule is CCOC(=O)/C=C\c1ccc(NC(=O)c2ccccc2S(=O)(=O)CC)cc1. The fraction of sp³-hybridized carbons (Fsp3) is 0.200. The van der Waals surface area contributed by atoms with E-state index in [-0.39, 0.29) is 16.2 Å². The second kappa shape index (κ2) is 9.14. The minimum Gasteiger partial charge on any atom is -0.463 e. The van der Waals surface area contributed by atoms with Gasteiger partial charge in [-0.1, -0.05) is 31.2 Å². The van der Waals surface area contributed by atoms with Gasteiger partial charge >= 0.3 is 5.97 Å². The number of hydrogen-bond donors (Lipinski definition) is 1. The van der Waals surface area contributed by atoms with Gasteiger partial charge in [0.05, 0.1) is 22.8 Å². The molecular weight excluding hydrogens is 366 g/mol. The topological polar surface area (TPSA) is 89.5 Å². The molecule has 0 saturated heterocycles. The van der Waals surface area contributed by atoms with Crippen LogP contribution in [0.25, 0.3) is 6.08 Å². The molecule has 27 heavy (non-hydrogen) atoms. The zero-order chi connectivity index (χ0) is 19.9. The highest BCUT2D eigenvalue weighted by Crippen LogP contribution is 2.19. The minimum atomic E-state index is -3.51. The Kier molecular flexibility index (Phi) is 6.90. The molecule has 0 radical (unpaired) electrons. The van der Waals surface area contributed by atoms with Crippen LogP contribution in [0.3, 0.4) is 0 Å². The van der Waals surface area contributed by atoms with E-state index < -0.39 is 21.7 Å². The van der Waals surface area contributed by atoms with Crippen LogP contribution in [0.15, 0.2) is 59.5 Å². The Balaban J connectivity index is 2.15. The van der Waals surface area contributed by atoms with E-state index in [1.54, 1.807) is 49.4 Å². The number of benzene rings is 2. The quantitative estimate of drug-likeness (QED) is 0.581. The van der Waals surface area contributed by atoms with E-state index >= 15 is 0 Å². The highest BCUT2D eigenvalue weighted by molar-refractivity contribution is 7.91. The molecule has 6 nitrogen and oxygen atoms in total. The van der Waals surface area contributed by atoms with Crippen molar-refractivity contribution in [2.45, 2.75) is 18.7 Å². The van der Waals surface area contributed by atoms with Crippen molar-refractivity contribution in [2.24, 2.45) is 0 Å². The summed E-state index contributed by atoms with van der Waals surface area (Å²) in [6.07, 6.45) is 2.93. The maximum Gasteiger partial charge on any atom is 0.330 e. The average Bonchev–Trinajstić information content (AvgIpc) is 2.67. The van der Waals surface area contributed by atoms with Crippen LogP contribution < -0.4 is 5.32 Å². The Bertz CT molecular complexity index is 947. The molecule has 7 heteroatoms. The summed E-state index contributed by atoms with van der Waals surface area (Å²) in [6.45, 7) is 3.57.